The molecule has 0 radical (unpaired) electrons. The van der Waals surface area contributed by atoms with Gasteiger partial charge >= 0.3 is 0 Å². The van der Waals surface area contributed by atoms with E-state index in [0.29, 0.717) is 6.54 Å². The van der Waals surface area contributed by atoms with Crippen molar-refractivity contribution in [2.75, 3.05) is 6.54 Å². The van der Waals surface area contributed by atoms with Crippen LogP contribution in [0, 0.1) is 11.7 Å². The summed E-state index contributed by atoms with van der Waals surface area (Å²) in [6.45, 7) is 1.69. The van der Waals surface area contributed by atoms with Gasteiger partial charge in [-0.3, -0.25) is 0 Å². The third-order valence-corrected chi connectivity index (χ3v) is 3.00. The molecule has 2 N–H and O–H groups in total. The molecule has 0 aromatic heterocycles. The van der Waals surface area contributed by atoms with Crippen molar-refractivity contribution >= 4 is 0 Å². The standard InChI is InChI=1S/C12H16FNO/c13-11-6-10(4-5-12(11)15)8-14-7-9-2-1-3-9/h4-6,9,14-15H,1-3,7-8H2. The quantitative estimate of drug-likeness (QED) is 0.798. The molecule has 15 heavy (non-hydrogen) atoms. The third kappa shape index (κ3) is 2.69. The van der Waals surface area contributed by atoms with Crippen molar-refractivity contribution in [3.63, 3.8) is 0 Å². The Bertz CT molecular complexity index is 336. The number of hydrogen-bond acceptors (Lipinski definition) is 2. The number of phenolic OH excluding ortho intramolecular Hbond substituents is 1. The minimum absolute atomic E-state index is 0.280. The van der Waals surface area contributed by atoms with Crippen molar-refractivity contribution in [2.24, 2.45) is 5.92 Å². The molecule has 1 fully saturated rings. The van der Waals surface area contributed by atoms with Gasteiger partial charge in [0.1, 0.15) is 0 Å². The number of rotatable bonds is 4. The molecule has 2 nitrogen and oxygen atoms in total. The largest absolute Gasteiger partial charge is 0.505 e. The second kappa shape index (κ2) is 4.62. The van der Waals surface area contributed by atoms with Crippen LogP contribution >= 0.6 is 0 Å². The molecule has 1 aromatic rings. The van der Waals surface area contributed by atoms with Crippen LogP contribution in [0.15, 0.2) is 18.2 Å². The van der Waals surface area contributed by atoms with Crippen LogP contribution in [0.5, 0.6) is 5.75 Å². The van der Waals surface area contributed by atoms with E-state index in [2.05, 4.69) is 5.32 Å². The van der Waals surface area contributed by atoms with Crippen LogP contribution in [-0.4, -0.2) is 11.7 Å². The summed E-state index contributed by atoms with van der Waals surface area (Å²) >= 11 is 0. The molecule has 1 saturated carbocycles. The van der Waals surface area contributed by atoms with Crippen LogP contribution in [0.4, 0.5) is 4.39 Å². The monoisotopic (exact) mass is 209 g/mol. The summed E-state index contributed by atoms with van der Waals surface area (Å²) in [5, 5.41) is 12.3. The lowest BCUT2D eigenvalue weighted by Crippen LogP contribution is -2.26. The fourth-order valence-electron chi connectivity index (χ4n) is 1.78. The van der Waals surface area contributed by atoms with Crippen LogP contribution < -0.4 is 5.32 Å². The average Bonchev–Trinajstić information content (AvgIpc) is 2.15. The van der Waals surface area contributed by atoms with Crippen molar-refractivity contribution < 1.29 is 9.50 Å². The highest BCUT2D eigenvalue weighted by Gasteiger charge is 2.16. The third-order valence-electron chi connectivity index (χ3n) is 3.00. The molecule has 0 atom stereocenters. The van der Waals surface area contributed by atoms with Crippen LogP contribution in [0.3, 0.4) is 0 Å². The van der Waals surface area contributed by atoms with Gasteiger partial charge < -0.3 is 10.4 Å². The maximum absolute atomic E-state index is 13.0. The number of phenols is 1. The topological polar surface area (TPSA) is 32.3 Å². The summed E-state index contributed by atoms with van der Waals surface area (Å²) < 4.78 is 13.0. The van der Waals surface area contributed by atoms with Crippen LogP contribution in [0.25, 0.3) is 0 Å². The summed E-state index contributed by atoms with van der Waals surface area (Å²) in [5.41, 5.74) is 0.879. The van der Waals surface area contributed by atoms with Crippen LogP contribution in [0.2, 0.25) is 0 Å². The smallest absolute Gasteiger partial charge is 0.165 e. The first kappa shape index (κ1) is 10.4. The molecule has 0 amide bonds. The maximum Gasteiger partial charge on any atom is 0.165 e. The Morgan fingerprint density at radius 1 is 1.40 bits per heavy atom. The molecular weight excluding hydrogens is 193 g/mol. The summed E-state index contributed by atoms with van der Waals surface area (Å²) in [6.07, 6.45) is 3.98. The minimum Gasteiger partial charge on any atom is -0.505 e. The molecule has 2 rings (SSSR count). The van der Waals surface area contributed by atoms with Crippen molar-refractivity contribution in [3.05, 3.63) is 29.6 Å². The van der Waals surface area contributed by atoms with E-state index in [-0.39, 0.29) is 5.75 Å². The van der Waals surface area contributed by atoms with E-state index in [9.17, 15) is 4.39 Å². The number of hydrogen-bond donors (Lipinski definition) is 2. The Labute approximate surface area is 89.1 Å². The van der Waals surface area contributed by atoms with E-state index < -0.39 is 5.82 Å². The number of nitrogens with one attached hydrogen (secondary N) is 1. The van der Waals surface area contributed by atoms with Gasteiger partial charge in [0.05, 0.1) is 0 Å². The Kier molecular flexibility index (Phi) is 3.21. The van der Waals surface area contributed by atoms with E-state index in [1.807, 2.05) is 0 Å². The Hall–Kier alpha value is -1.09. The highest BCUT2D eigenvalue weighted by Crippen LogP contribution is 2.25. The van der Waals surface area contributed by atoms with E-state index in [1.54, 1.807) is 6.07 Å². The zero-order chi connectivity index (χ0) is 10.7. The van der Waals surface area contributed by atoms with Gasteiger partial charge in [-0.1, -0.05) is 12.5 Å². The Balaban J connectivity index is 1.79. The van der Waals surface area contributed by atoms with Gasteiger partial charge in [0.2, 0.25) is 0 Å². The number of halogens is 1. The zero-order valence-corrected chi connectivity index (χ0v) is 8.67. The molecule has 0 saturated heterocycles. The van der Waals surface area contributed by atoms with E-state index >= 15 is 0 Å². The molecule has 1 aliphatic carbocycles. The lowest BCUT2D eigenvalue weighted by Gasteiger charge is -2.25. The van der Waals surface area contributed by atoms with E-state index in [4.69, 9.17) is 5.11 Å². The summed E-state index contributed by atoms with van der Waals surface area (Å²) in [4.78, 5) is 0. The highest BCUT2D eigenvalue weighted by atomic mass is 19.1. The molecule has 1 aromatic carbocycles. The second-order valence-electron chi connectivity index (χ2n) is 4.21. The Morgan fingerprint density at radius 2 is 2.20 bits per heavy atom. The first-order chi connectivity index (χ1) is 7.25. The molecule has 0 aliphatic heterocycles. The van der Waals surface area contributed by atoms with Gasteiger partial charge in [0.15, 0.2) is 11.6 Å². The molecule has 82 valence electrons. The fraction of sp³-hybridized carbons (Fsp3) is 0.500. The second-order valence-corrected chi connectivity index (χ2v) is 4.21. The zero-order valence-electron chi connectivity index (χ0n) is 8.67. The predicted octanol–water partition coefficient (Wildman–Crippen LogP) is 2.42. The first-order valence-electron chi connectivity index (χ1n) is 5.44. The SMILES string of the molecule is Oc1ccc(CNCC2CCC2)cc1F. The van der Waals surface area contributed by atoms with Crippen molar-refractivity contribution in [1.82, 2.24) is 5.32 Å². The average molecular weight is 209 g/mol. The molecule has 0 unspecified atom stereocenters. The number of benzene rings is 1. The Morgan fingerprint density at radius 3 is 2.80 bits per heavy atom. The molecule has 0 heterocycles. The fourth-order valence-corrected chi connectivity index (χ4v) is 1.78. The first-order valence-corrected chi connectivity index (χ1v) is 5.44. The molecule has 0 bridgehead atoms. The van der Waals surface area contributed by atoms with Gasteiger partial charge in [-0.15, -0.1) is 0 Å². The lowest BCUT2D eigenvalue weighted by molar-refractivity contribution is 0.301. The number of aromatic hydroxyl groups is 1. The summed E-state index contributed by atoms with van der Waals surface area (Å²) in [7, 11) is 0. The van der Waals surface area contributed by atoms with Gasteiger partial charge in [0.25, 0.3) is 0 Å². The van der Waals surface area contributed by atoms with E-state index in [1.165, 1.54) is 31.4 Å². The molecular formula is C12H16FNO. The minimum atomic E-state index is -0.544. The van der Waals surface area contributed by atoms with Gasteiger partial charge in [-0.05, 0) is 43.0 Å². The molecule has 0 spiro atoms. The highest BCUT2D eigenvalue weighted by molar-refractivity contribution is 5.27. The van der Waals surface area contributed by atoms with Crippen LogP contribution in [0.1, 0.15) is 24.8 Å². The summed E-state index contributed by atoms with van der Waals surface area (Å²) in [5.74, 6) is -0.0114. The molecule has 1 aliphatic rings. The maximum atomic E-state index is 13.0. The lowest BCUT2D eigenvalue weighted by atomic mass is 9.85. The van der Waals surface area contributed by atoms with Crippen molar-refractivity contribution in [3.8, 4) is 5.75 Å². The van der Waals surface area contributed by atoms with Gasteiger partial charge in [0, 0.05) is 6.54 Å². The summed E-state index contributed by atoms with van der Waals surface area (Å²) in [6, 6.07) is 4.52. The van der Waals surface area contributed by atoms with Crippen LogP contribution in [-0.2, 0) is 6.54 Å². The predicted molar refractivity (Wildman–Crippen MR) is 57.1 cm³/mol. The molecule has 3 heteroatoms. The van der Waals surface area contributed by atoms with E-state index in [0.717, 1.165) is 18.0 Å². The van der Waals surface area contributed by atoms with Gasteiger partial charge in [-0.25, -0.2) is 4.39 Å². The normalized spacial score (nSPS) is 16.3. The van der Waals surface area contributed by atoms with Crippen molar-refractivity contribution in [1.29, 1.82) is 0 Å². The van der Waals surface area contributed by atoms with Gasteiger partial charge in [-0.2, -0.15) is 0 Å². The van der Waals surface area contributed by atoms with Crippen molar-refractivity contribution in [2.45, 2.75) is 25.8 Å².